The highest BCUT2D eigenvalue weighted by molar-refractivity contribution is 6.11. The summed E-state index contributed by atoms with van der Waals surface area (Å²) in [5, 5.41) is 14.2. The minimum Gasteiger partial charge on any atom is -0.309 e. The molecule has 0 aliphatic rings. The number of hydrogen-bond donors (Lipinski definition) is 0. The van der Waals surface area contributed by atoms with Gasteiger partial charge in [-0.25, -0.2) is 9.97 Å². The Kier molecular flexibility index (Phi) is 7.80. The number of benzene rings is 8. The smallest absolute Gasteiger partial charge is 0.235 e. The number of hydrogen-bond acceptors (Lipinski definition) is 3. The van der Waals surface area contributed by atoms with Crippen molar-refractivity contribution in [2.75, 3.05) is 0 Å². The molecule has 0 radical (unpaired) electrons. The zero-order chi connectivity index (χ0) is 38.6. The molecule has 0 amide bonds. The predicted molar refractivity (Wildman–Crippen MR) is 237 cm³/mol. The Balaban J connectivity index is 0.997. The summed E-state index contributed by atoms with van der Waals surface area (Å²) in [6.45, 7) is 0. The van der Waals surface area contributed by atoms with E-state index < -0.39 is 0 Å². The van der Waals surface area contributed by atoms with Gasteiger partial charge in [-0.1, -0.05) is 133 Å². The fraction of sp³-hybridized carbons (Fsp3) is 0. The standard InChI is InChI=1S/C53H33N5/c54-34-35-19-21-39(22-20-35)48-33-47(38-11-3-1-4-12-38)55-53(56-48)58-50-18-10-8-16-44(50)46-32-41(28-30-52(46)58)37-25-23-36(24-26-37)40-27-29-51-45(31-40)43-15-7-9-17-49(43)57(51)42-13-5-2-6-14-42/h1-33H. The summed E-state index contributed by atoms with van der Waals surface area (Å²) in [5.41, 5.74) is 14.4. The highest BCUT2D eigenvalue weighted by atomic mass is 15.2. The van der Waals surface area contributed by atoms with Crippen molar-refractivity contribution >= 4 is 43.6 Å². The lowest BCUT2D eigenvalue weighted by Crippen LogP contribution is -2.04. The maximum absolute atomic E-state index is 9.43. The largest absolute Gasteiger partial charge is 0.309 e. The molecular formula is C53H33N5. The van der Waals surface area contributed by atoms with E-state index in [2.05, 4.69) is 167 Å². The highest BCUT2D eigenvalue weighted by Gasteiger charge is 2.18. The quantitative estimate of drug-likeness (QED) is 0.171. The average molecular weight is 740 g/mol. The maximum atomic E-state index is 9.43. The van der Waals surface area contributed by atoms with Gasteiger partial charge in [-0.15, -0.1) is 0 Å². The second-order valence-corrected chi connectivity index (χ2v) is 14.6. The molecule has 5 heteroatoms. The van der Waals surface area contributed by atoms with Gasteiger partial charge in [0.2, 0.25) is 5.95 Å². The van der Waals surface area contributed by atoms with E-state index in [-0.39, 0.29) is 0 Å². The van der Waals surface area contributed by atoms with Gasteiger partial charge in [-0.2, -0.15) is 5.26 Å². The molecule has 0 aliphatic heterocycles. The normalized spacial score (nSPS) is 11.4. The van der Waals surface area contributed by atoms with Crippen LogP contribution in [0.1, 0.15) is 5.56 Å². The van der Waals surface area contributed by atoms with Crippen LogP contribution in [0.2, 0.25) is 0 Å². The second kappa shape index (κ2) is 13.6. The predicted octanol–water partition coefficient (Wildman–Crippen LogP) is 13.2. The average Bonchev–Trinajstić information content (AvgIpc) is 3.82. The first-order valence-corrected chi connectivity index (χ1v) is 19.4. The Morgan fingerprint density at radius 3 is 1.34 bits per heavy atom. The van der Waals surface area contributed by atoms with E-state index in [4.69, 9.17) is 9.97 Å². The number of nitriles is 1. The number of nitrogens with zero attached hydrogens (tertiary/aromatic N) is 5. The second-order valence-electron chi connectivity index (χ2n) is 14.6. The van der Waals surface area contributed by atoms with Gasteiger partial charge in [0.1, 0.15) is 0 Å². The van der Waals surface area contributed by atoms with Gasteiger partial charge in [0.05, 0.1) is 45.1 Å². The first kappa shape index (κ1) is 33.3. The third-order valence-electron chi connectivity index (χ3n) is 11.2. The van der Waals surface area contributed by atoms with E-state index >= 15 is 0 Å². The molecule has 0 saturated heterocycles. The van der Waals surface area contributed by atoms with Crippen molar-refractivity contribution < 1.29 is 0 Å². The number of aromatic nitrogens is 4. The van der Waals surface area contributed by atoms with Crippen molar-refractivity contribution in [2.45, 2.75) is 0 Å². The molecule has 11 rings (SSSR count). The van der Waals surface area contributed by atoms with E-state index in [1.54, 1.807) is 0 Å². The van der Waals surface area contributed by atoms with E-state index in [0.29, 0.717) is 11.5 Å². The molecule has 0 unspecified atom stereocenters. The molecule has 0 N–H and O–H groups in total. The molecule has 0 fully saturated rings. The molecule has 5 nitrogen and oxygen atoms in total. The summed E-state index contributed by atoms with van der Waals surface area (Å²) in [5.74, 6) is 0.591. The van der Waals surface area contributed by atoms with Crippen LogP contribution in [0.25, 0.3) is 100 Å². The molecule has 11 aromatic rings. The van der Waals surface area contributed by atoms with Crippen molar-refractivity contribution in [3.05, 3.63) is 206 Å². The van der Waals surface area contributed by atoms with Crippen LogP contribution in [0.15, 0.2) is 200 Å². The minimum absolute atomic E-state index is 0.591. The lowest BCUT2D eigenvalue weighted by molar-refractivity contribution is 0.995. The molecule has 58 heavy (non-hydrogen) atoms. The summed E-state index contributed by atoms with van der Waals surface area (Å²) in [4.78, 5) is 10.3. The van der Waals surface area contributed by atoms with Crippen molar-refractivity contribution in [1.29, 1.82) is 5.26 Å². The highest BCUT2D eigenvalue weighted by Crippen LogP contribution is 2.38. The van der Waals surface area contributed by atoms with Gasteiger partial charge in [-0.05, 0) is 89.0 Å². The number of para-hydroxylation sites is 3. The van der Waals surface area contributed by atoms with E-state index in [0.717, 1.165) is 61.1 Å². The molecular weight excluding hydrogens is 707 g/mol. The van der Waals surface area contributed by atoms with Crippen molar-refractivity contribution in [2.24, 2.45) is 0 Å². The van der Waals surface area contributed by atoms with Crippen LogP contribution in [0.5, 0.6) is 0 Å². The Labute approximate surface area is 335 Å². The van der Waals surface area contributed by atoms with Crippen molar-refractivity contribution in [3.63, 3.8) is 0 Å². The molecule has 3 heterocycles. The van der Waals surface area contributed by atoms with Gasteiger partial charge >= 0.3 is 0 Å². The van der Waals surface area contributed by atoms with Crippen molar-refractivity contribution in [1.82, 2.24) is 19.1 Å². The van der Waals surface area contributed by atoms with Crippen LogP contribution >= 0.6 is 0 Å². The summed E-state index contributed by atoms with van der Waals surface area (Å²) in [6.07, 6.45) is 0. The summed E-state index contributed by atoms with van der Waals surface area (Å²) in [7, 11) is 0. The zero-order valence-corrected chi connectivity index (χ0v) is 31.3. The van der Waals surface area contributed by atoms with Gasteiger partial charge in [0, 0.05) is 38.4 Å². The van der Waals surface area contributed by atoms with Gasteiger partial charge < -0.3 is 4.57 Å². The molecule has 0 aliphatic carbocycles. The fourth-order valence-corrected chi connectivity index (χ4v) is 8.39. The summed E-state index contributed by atoms with van der Waals surface area (Å²) in [6, 6.07) is 72.1. The van der Waals surface area contributed by atoms with Crippen LogP contribution in [-0.4, -0.2) is 19.1 Å². The first-order chi connectivity index (χ1) is 28.7. The third-order valence-corrected chi connectivity index (χ3v) is 11.2. The fourth-order valence-electron chi connectivity index (χ4n) is 8.39. The van der Waals surface area contributed by atoms with E-state index in [1.807, 2.05) is 48.5 Å². The lowest BCUT2D eigenvalue weighted by Gasteiger charge is -2.12. The van der Waals surface area contributed by atoms with E-state index in [9.17, 15) is 5.26 Å². The summed E-state index contributed by atoms with van der Waals surface area (Å²) >= 11 is 0. The number of rotatable bonds is 6. The zero-order valence-electron chi connectivity index (χ0n) is 31.3. The van der Waals surface area contributed by atoms with E-state index in [1.165, 1.54) is 32.9 Å². The van der Waals surface area contributed by atoms with Crippen LogP contribution in [-0.2, 0) is 0 Å². The monoisotopic (exact) mass is 739 g/mol. The Morgan fingerprint density at radius 2 is 0.776 bits per heavy atom. The summed E-state index contributed by atoms with van der Waals surface area (Å²) < 4.78 is 4.52. The van der Waals surface area contributed by atoms with Crippen LogP contribution < -0.4 is 0 Å². The van der Waals surface area contributed by atoms with Crippen LogP contribution in [0, 0.1) is 11.3 Å². The molecule has 8 aromatic carbocycles. The molecule has 0 atom stereocenters. The Hall–Kier alpha value is -8.07. The minimum atomic E-state index is 0.591. The topological polar surface area (TPSA) is 59.4 Å². The van der Waals surface area contributed by atoms with Crippen LogP contribution in [0.3, 0.4) is 0 Å². The maximum Gasteiger partial charge on any atom is 0.235 e. The lowest BCUT2D eigenvalue weighted by atomic mass is 9.98. The van der Waals surface area contributed by atoms with Crippen LogP contribution in [0.4, 0.5) is 0 Å². The van der Waals surface area contributed by atoms with Gasteiger partial charge in [0.15, 0.2) is 0 Å². The SMILES string of the molecule is N#Cc1ccc(-c2cc(-c3ccccc3)nc(-n3c4ccccc4c4cc(-c5ccc(-c6ccc7c(c6)c6ccccc6n7-c6ccccc6)cc5)ccc43)n2)cc1. The molecule has 0 saturated carbocycles. The Bertz CT molecular complexity index is 3370. The van der Waals surface area contributed by atoms with Crippen molar-refractivity contribution in [3.8, 4) is 62.5 Å². The van der Waals surface area contributed by atoms with Gasteiger partial charge in [-0.3, -0.25) is 4.57 Å². The molecule has 270 valence electrons. The molecule has 3 aromatic heterocycles. The molecule has 0 spiro atoms. The van der Waals surface area contributed by atoms with Gasteiger partial charge in [0.25, 0.3) is 0 Å². The first-order valence-electron chi connectivity index (χ1n) is 19.4. The Morgan fingerprint density at radius 1 is 0.345 bits per heavy atom. The third kappa shape index (κ3) is 5.55. The molecule has 0 bridgehead atoms. The number of fused-ring (bicyclic) bond motifs is 6.